The Bertz CT molecular complexity index is 579. The summed E-state index contributed by atoms with van der Waals surface area (Å²) in [6, 6.07) is 4.59. The van der Waals surface area contributed by atoms with Crippen LogP contribution in [-0.4, -0.2) is 27.1 Å². The number of aliphatic carboxylic acids is 1. The number of fused-ring (bicyclic) bond motifs is 1. The van der Waals surface area contributed by atoms with E-state index in [4.69, 9.17) is 10.8 Å². The number of carbonyl (C=O) groups is 1. The van der Waals surface area contributed by atoms with Crippen molar-refractivity contribution < 1.29 is 15.1 Å². The predicted octanol–water partition coefficient (Wildman–Crippen LogP) is 1.44. The zero-order chi connectivity index (χ0) is 12.6. The standard InChI is InChI=1S/C11H11IN2O3/c12-7-1-2-10-8(4-7)6(5-14(10)17)3-9(13)11(15)16/h1-2,4-5,9,17H,3,13H2,(H,15,16). The first-order valence-electron chi connectivity index (χ1n) is 4.96. The van der Waals surface area contributed by atoms with E-state index in [2.05, 4.69) is 22.6 Å². The molecule has 90 valence electrons. The van der Waals surface area contributed by atoms with Crippen molar-refractivity contribution >= 4 is 39.5 Å². The average molecular weight is 346 g/mol. The summed E-state index contributed by atoms with van der Waals surface area (Å²) in [7, 11) is 0. The summed E-state index contributed by atoms with van der Waals surface area (Å²) in [5, 5.41) is 19.3. The van der Waals surface area contributed by atoms with Gasteiger partial charge in [0.2, 0.25) is 0 Å². The average Bonchev–Trinajstić information content (AvgIpc) is 2.55. The van der Waals surface area contributed by atoms with Crippen LogP contribution in [0.25, 0.3) is 10.9 Å². The lowest BCUT2D eigenvalue weighted by Crippen LogP contribution is -2.32. The van der Waals surface area contributed by atoms with E-state index in [9.17, 15) is 10.0 Å². The molecule has 0 spiro atoms. The number of nitrogens with zero attached hydrogens (tertiary/aromatic N) is 1. The lowest BCUT2D eigenvalue weighted by Gasteiger charge is -2.04. The molecule has 0 bridgehead atoms. The lowest BCUT2D eigenvalue weighted by atomic mass is 10.1. The molecule has 6 heteroatoms. The second-order valence-corrected chi connectivity index (χ2v) is 5.05. The summed E-state index contributed by atoms with van der Waals surface area (Å²) < 4.78 is 2.02. The highest BCUT2D eigenvalue weighted by atomic mass is 127. The molecule has 0 aliphatic carbocycles. The molecule has 4 N–H and O–H groups in total. The van der Waals surface area contributed by atoms with Gasteiger partial charge >= 0.3 is 5.97 Å². The van der Waals surface area contributed by atoms with Crippen molar-refractivity contribution in [2.75, 3.05) is 0 Å². The van der Waals surface area contributed by atoms with Crippen LogP contribution in [0.5, 0.6) is 0 Å². The fourth-order valence-corrected chi connectivity index (χ4v) is 2.23. The van der Waals surface area contributed by atoms with E-state index in [1.54, 1.807) is 6.07 Å². The SMILES string of the molecule is NC(Cc1cn(O)c2ccc(I)cc12)C(=O)O. The minimum Gasteiger partial charge on any atom is -0.480 e. The highest BCUT2D eigenvalue weighted by Crippen LogP contribution is 2.23. The molecule has 0 aliphatic heterocycles. The molecule has 2 rings (SSSR count). The number of nitrogens with two attached hydrogens (primary N) is 1. The zero-order valence-corrected chi connectivity index (χ0v) is 11.0. The molecule has 0 amide bonds. The third-order valence-corrected chi connectivity index (χ3v) is 3.26. The molecule has 17 heavy (non-hydrogen) atoms. The van der Waals surface area contributed by atoms with E-state index in [0.29, 0.717) is 5.52 Å². The van der Waals surface area contributed by atoms with E-state index in [1.165, 1.54) is 6.20 Å². The first-order valence-corrected chi connectivity index (χ1v) is 6.04. The molecule has 1 aromatic carbocycles. The van der Waals surface area contributed by atoms with E-state index < -0.39 is 12.0 Å². The van der Waals surface area contributed by atoms with Crippen molar-refractivity contribution in [2.24, 2.45) is 5.73 Å². The van der Waals surface area contributed by atoms with E-state index in [1.807, 2.05) is 12.1 Å². The van der Waals surface area contributed by atoms with Gasteiger partial charge in [0.1, 0.15) is 6.04 Å². The van der Waals surface area contributed by atoms with Crippen molar-refractivity contribution in [2.45, 2.75) is 12.5 Å². The van der Waals surface area contributed by atoms with Crippen molar-refractivity contribution in [3.05, 3.63) is 33.5 Å². The highest BCUT2D eigenvalue weighted by molar-refractivity contribution is 14.1. The first kappa shape index (κ1) is 12.2. The maximum Gasteiger partial charge on any atom is 0.320 e. The van der Waals surface area contributed by atoms with Crippen LogP contribution in [-0.2, 0) is 11.2 Å². The second-order valence-electron chi connectivity index (χ2n) is 3.81. The molecule has 0 aliphatic rings. The zero-order valence-electron chi connectivity index (χ0n) is 8.80. The first-order chi connectivity index (χ1) is 7.99. The van der Waals surface area contributed by atoms with Crippen LogP contribution < -0.4 is 5.73 Å². The molecule has 0 fully saturated rings. The van der Waals surface area contributed by atoms with Crippen LogP contribution in [0, 0.1) is 3.57 Å². The molecular weight excluding hydrogens is 335 g/mol. The summed E-state index contributed by atoms with van der Waals surface area (Å²) >= 11 is 2.16. The summed E-state index contributed by atoms with van der Waals surface area (Å²) in [6.07, 6.45) is 1.70. The molecule has 1 atom stereocenters. The number of rotatable bonds is 3. The normalized spacial score (nSPS) is 12.8. The lowest BCUT2D eigenvalue weighted by molar-refractivity contribution is -0.138. The van der Waals surface area contributed by atoms with Gasteiger partial charge in [0, 0.05) is 21.6 Å². The molecule has 0 saturated heterocycles. The Kier molecular flexibility index (Phi) is 3.25. The number of aromatic nitrogens is 1. The van der Waals surface area contributed by atoms with E-state index >= 15 is 0 Å². The van der Waals surface area contributed by atoms with Crippen LogP contribution in [0.3, 0.4) is 0 Å². The number of hydrogen-bond acceptors (Lipinski definition) is 3. The largest absolute Gasteiger partial charge is 0.480 e. The monoisotopic (exact) mass is 346 g/mol. The molecule has 0 radical (unpaired) electrons. The fraction of sp³-hybridized carbons (Fsp3) is 0.182. The van der Waals surface area contributed by atoms with Gasteiger partial charge in [-0.2, -0.15) is 4.73 Å². The Labute approximate surface area is 111 Å². The van der Waals surface area contributed by atoms with Crippen molar-refractivity contribution in [3.8, 4) is 0 Å². The van der Waals surface area contributed by atoms with Crippen molar-refractivity contribution in [1.82, 2.24) is 4.73 Å². The van der Waals surface area contributed by atoms with Gasteiger partial charge in [0.05, 0.1) is 5.52 Å². The fourth-order valence-electron chi connectivity index (χ4n) is 1.74. The Morgan fingerprint density at radius 3 is 2.88 bits per heavy atom. The summed E-state index contributed by atoms with van der Waals surface area (Å²) in [5.74, 6) is -1.05. The Hall–Kier alpha value is -1.28. The quantitative estimate of drug-likeness (QED) is 0.580. The van der Waals surface area contributed by atoms with Crippen LogP contribution >= 0.6 is 22.6 Å². The summed E-state index contributed by atoms with van der Waals surface area (Å²) in [5.41, 5.74) is 6.88. The summed E-state index contributed by atoms with van der Waals surface area (Å²) in [4.78, 5) is 10.7. The van der Waals surface area contributed by atoms with Gasteiger partial charge in [0.25, 0.3) is 0 Å². The van der Waals surface area contributed by atoms with Crippen LogP contribution in [0.4, 0.5) is 0 Å². The molecular formula is C11H11IN2O3. The Morgan fingerprint density at radius 1 is 1.53 bits per heavy atom. The van der Waals surface area contributed by atoms with E-state index in [0.717, 1.165) is 19.3 Å². The smallest absolute Gasteiger partial charge is 0.320 e. The van der Waals surface area contributed by atoms with E-state index in [-0.39, 0.29) is 6.42 Å². The molecule has 0 saturated carbocycles. The van der Waals surface area contributed by atoms with Gasteiger partial charge in [0.15, 0.2) is 0 Å². The third-order valence-electron chi connectivity index (χ3n) is 2.59. The third kappa shape index (κ3) is 2.37. The topological polar surface area (TPSA) is 88.5 Å². The van der Waals surface area contributed by atoms with Gasteiger partial charge in [-0.1, -0.05) is 0 Å². The number of carboxylic acid groups (broad SMARTS) is 1. The molecule has 2 aromatic rings. The van der Waals surface area contributed by atoms with Gasteiger partial charge < -0.3 is 16.0 Å². The Balaban J connectivity index is 2.47. The van der Waals surface area contributed by atoms with Gasteiger partial charge in [-0.05, 0) is 46.4 Å². The summed E-state index contributed by atoms with van der Waals surface area (Å²) in [6.45, 7) is 0. The highest BCUT2D eigenvalue weighted by Gasteiger charge is 2.16. The van der Waals surface area contributed by atoms with Crippen LogP contribution in [0.15, 0.2) is 24.4 Å². The van der Waals surface area contributed by atoms with Gasteiger partial charge in [-0.3, -0.25) is 4.79 Å². The van der Waals surface area contributed by atoms with Crippen molar-refractivity contribution in [1.29, 1.82) is 0 Å². The molecule has 1 heterocycles. The Morgan fingerprint density at radius 2 is 2.24 bits per heavy atom. The number of hydrogen-bond donors (Lipinski definition) is 3. The maximum atomic E-state index is 10.7. The molecule has 1 aromatic heterocycles. The maximum absolute atomic E-state index is 10.7. The minimum atomic E-state index is -1.05. The minimum absolute atomic E-state index is 0.194. The predicted molar refractivity (Wildman–Crippen MR) is 71.2 cm³/mol. The second kappa shape index (κ2) is 4.53. The van der Waals surface area contributed by atoms with Gasteiger partial charge in [-0.25, -0.2) is 0 Å². The number of halogens is 1. The van der Waals surface area contributed by atoms with Gasteiger partial charge in [-0.15, -0.1) is 0 Å². The molecule has 1 unspecified atom stereocenters. The van der Waals surface area contributed by atoms with Crippen molar-refractivity contribution in [3.63, 3.8) is 0 Å². The number of carboxylic acids is 1. The molecule has 5 nitrogen and oxygen atoms in total. The number of benzene rings is 1. The van der Waals surface area contributed by atoms with Crippen LogP contribution in [0.1, 0.15) is 5.56 Å². The van der Waals surface area contributed by atoms with Crippen LogP contribution in [0.2, 0.25) is 0 Å².